The van der Waals surface area contributed by atoms with Crippen LogP contribution in [0.2, 0.25) is 0 Å². The molecule has 0 aromatic heterocycles. The lowest BCUT2D eigenvalue weighted by Crippen LogP contribution is -2.40. The van der Waals surface area contributed by atoms with E-state index >= 15 is 0 Å². The molecule has 0 saturated carbocycles. The Bertz CT molecular complexity index is 362. The van der Waals surface area contributed by atoms with Crippen molar-refractivity contribution in [1.29, 1.82) is 0 Å². The lowest BCUT2D eigenvalue weighted by molar-refractivity contribution is 0.261. The van der Waals surface area contributed by atoms with Gasteiger partial charge >= 0.3 is 0 Å². The number of benzene rings is 1. The second kappa shape index (κ2) is 7.06. The van der Waals surface area contributed by atoms with Crippen molar-refractivity contribution in [3.63, 3.8) is 0 Å². The van der Waals surface area contributed by atoms with Gasteiger partial charge < -0.3 is 10.2 Å². The topological polar surface area (TPSA) is 15.3 Å². The van der Waals surface area contributed by atoms with Crippen LogP contribution in [0.1, 0.15) is 38.8 Å². The van der Waals surface area contributed by atoms with Gasteiger partial charge in [-0.25, -0.2) is 0 Å². The molecule has 1 aromatic rings. The van der Waals surface area contributed by atoms with E-state index in [0.717, 1.165) is 19.6 Å². The van der Waals surface area contributed by atoms with Gasteiger partial charge in [-0.1, -0.05) is 36.8 Å². The molecule has 0 aliphatic heterocycles. The fourth-order valence-corrected chi connectivity index (χ4v) is 2.15. The zero-order valence-corrected chi connectivity index (χ0v) is 13.5. The Morgan fingerprint density at radius 2 is 1.74 bits per heavy atom. The maximum atomic E-state index is 3.57. The first-order valence-electron chi connectivity index (χ1n) is 7.25. The summed E-state index contributed by atoms with van der Waals surface area (Å²) >= 11 is 0. The molecule has 0 heterocycles. The summed E-state index contributed by atoms with van der Waals surface area (Å²) in [4.78, 5) is 2.40. The normalized spacial score (nSPS) is 13.8. The van der Waals surface area contributed by atoms with Gasteiger partial charge in [0, 0.05) is 18.6 Å². The summed E-state index contributed by atoms with van der Waals surface area (Å²) in [7, 11) is 2.20. The minimum atomic E-state index is 0.212. The summed E-state index contributed by atoms with van der Waals surface area (Å²) in [5.74, 6) is 0.662. The maximum Gasteiger partial charge on any atom is 0.0230 e. The van der Waals surface area contributed by atoms with Crippen molar-refractivity contribution in [3.05, 3.63) is 35.4 Å². The second-order valence-electron chi connectivity index (χ2n) is 6.92. The summed E-state index contributed by atoms with van der Waals surface area (Å²) < 4.78 is 0. The van der Waals surface area contributed by atoms with Crippen molar-refractivity contribution in [2.75, 3.05) is 20.1 Å². The lowest BCUT2D eigenvalue weighted by atomic mass is 10.1. The van der Waals surface area contributed by atoms with Crippen LogP contribution in [0.25, 0.3) is 0 Å². The molecule has 0 fully saturated rings. The Morgan fingerprint density at radius 3 is 2.26 bits per heavy atom. The molecule has 0 spiro atoms. The molecule has 1 aromatic carbocycles. The number of nitrogens with zero attached hydrogens (tertiary/aromatic N) is 1. The Labute approximate surface area is 119 Å². The molecule has 1 atom stereocenters. The van der Waals surface area contributed by atoms with E-state index < -0.39 is 0 Å². The van der Waals surface area contributed by atoms with Crippen LogP contribution in [0.5, 0.6) is 0 Å². The highest BCUT2D eigenvalue weighted by atomic mass is 15.1. The van der Waals surface area contributed by atoms with Crippen molar-refractivity contribution in [2.45, 2.75) is 46.7 Å². The number of aryl methyl sites for hydroxylation is 1. The summed E-state index contributed by atoms with van der Waals surface area (Å²) in [6.07, 6.45) is 0. The minimum Gasteiger partial charge on any atom is -0.312 e. The van der Waals surface area contributed by atoms with Gasteiger partial charge in [0.25, 0.3) is 0 Å². The Morgan fingerprint density at radius 1 is 1.16 bits per heavy atom. The smallest absolute Gasteiger partial charge is 0.0230 e. The van der Waals surface area contributed by atoms with Gasteiger partial charge in [-0.15, -0.1) is 0 Å². The highest BCUT2D eigenvalue weighted by Gasteiger charge is 2.12. The van der Waals surface area contributed by atoms with Gasteiger partial charge in [-0.2, -0.15) is 0 Å². The fraction of sp³-hybridized carbons (Fsp3) is 0.647. The van der Waals surface area contributed by atoms with Crippen LogP contribution in [0.4, 0.5) is 0 Å². The van der Waals surface area contributed by atoms with Crippen LogP contribution in [-0.2, 0) is 6.54 Å². The standard InChI is InChI=1S/C17H30N2/c1-14-7-9-16(10-8-14)13-19(6)12-15(2)11-18-17(3,4)5/h7-10,15,18H,11-13H2,1-6H3. The van der Waals surface area contributed by atoms with Crippen LogP contribution < -0.4 is 5.32 Å². The number of hydrogen-bond acceptors (Lipinski definition) is 2. The van der Waals surface area contributed by atoms with Crippen molar-refractivity contribution >= 4 is 0 Å². The molecule has 0 aliphatic carbocycles. The molecule has 1 rings (SSSR count). The van der Waals surface area contributed by atoms with Crippen molar-refractivity contribution in [3.8, 4) is 0 Å². The molecule has 2 nitrogen and oxygen atoms in total. The average molecular weight is 262 g/mol. The first-order chi connectivity index (χ1) is 8.76. The Hall–Kier alpha value is -0.860. The fourth-order valence-electron chi connectivity index (χ4n) is 2.15. The van der Waals surface area contributed by atoms with E-state index in [1.54, 1.807) is 0 Å². The zero-order valence-electron chi connectivity index (χ0n) is 13.5. The third-order valence-electron chi connectivity index (χ3n) is 3.18. The molecule has 0 radical (unpaired) electrons. The van der Waals surface area contributed by atoms with Crippen LogP contribution in [0.3, 0.4) is 0 Å². The van der Waals surface area contributed by atoms with E-state index in [2.05, 4.69) is 76.1 Å². The molecule has 0 amide bonds. The Balaban J connectivity index is 2.34. The van der Waals surface area contributed by atoms with E-state index in [9.17, 15) is 0 Å². The predicted octanol–water partition coefficient (Wildman–Crippen LogP) is 3.45. The number of nitrogens with one attached hydrogen (secondary N) is 1. The van der Waals surface area contributed by atoms with Gasteiger partial charge in [-0.05, 0) is 52.8 Å². The summed E-state index contributed by atoms with van der Waals surface area (Å²) in [5.41, 5.74) is 2.93. The summed E-state index contributed by atoms with van der Waals surface area (Å²) in [6.45, 7) is 14.3. The van der Waals surface area contributed by atoms with Crippen LogP contribution in [0, 0.1) is 12.8 Å². The molecule has 1 N–H and O–H groups in total. The largest absolute Gasteiger partial charge is 0.312 e. The SMILES string of the molecule is Cc1ccc(CN(C)CC(C)CNC(C)(C)C)cc1. The van der Waals surface area contributed by atoms with Crippen LogP contribution >= 0.6 is 0 Å². The van der Waals surface area contributed by atoms with Gasteiger partial charge in [0.2, 0.25) is 0 Å². The highest BCUT2D eigenvalue weighted by Crippen LogP contribution is 2.08. The van der Waals surface area contributed by atoms with Crippen molar-refractivity contribution < 1.29 is 0 Å². The third-order valence-corrected chi connectivity index (χ3v) is 3.18. The molecule has 19 heavy (non-hydrogen) atoms. The van der Waals surface area contributed by atoms with E-state index in [4.69, 9.17) is 0 Å². The van der Waals surface area contributed by atoms with E-state index in [1.807, 2.05) is 0 Å². The average Bonchev–Trinajstić information content (AvgIpc) is 2.29. The van der Waals surface area contributed by atoms with Gasteiger partial charge in [0.15, 0.2) is 0 Å². The maximum absolute atomic E-state index is 3.57. The first kappa shape index (κ1) is 16.2. The second-order valence-corrected chi connectivity index (χ2v) is 6.92. The highest BCUT2D eigenvalue weighted by molar-refractivity contribution is 5.21. The number of rotatable bonds is 6. The molecule has 0 bridgehead atoms. The van der Waals surface area contributed by atoms with Gasteiger partial charge in [-0.3, -0.25) is 0 Å². The molecule has 108 valence electrons. The quantitative estimate of drug-likeness (QED) is 0.844. The van der Waals surface area contributed by atoms with E-state index in [-0.39, 0.29) is 5.54 Å². The third kappa shape index (κ3) is 7.34. The van der Waals surface area contributed by atoms with Crippen LogP contribution in [0.15, 0.2) is 24.3 Å². The molecular formula is C17H30N2. The van der Waals surface area contributed by atoms with Crippen LogP contribution in [-0.4, -0.2) is 30.6 Å². The van der Waals surface area contributed by atoms with E-state index in [1.165, 1.54) is 11.1 Å². The predicted molar refractivity (Wildman–Crippen MR) is 84.4 cm³/mol. The van der Waals surface area contributed by atoms with Gasteiger partial charge in [0.1, 0.15) is 0 Å². The molecule has 0 saturated heterocycles. The lowest BCUT2D eigenvalue weighted by Gasteiger charge is -2.26. The molecular weight excluding hydrogens is 232 g/mol. The summed E-state index contributed by atoms with van der Waals surface area (Å²) in [6, 6.07) is 8.83. The van der Waals surface area contributed by atoms with Gasteiger partial charge in [0.05, 0.1) is 0 Å². The summed E-state index contributed by atoms with van der Waals surface area (Å²) in [5, 5.41) is 3.57. The Kier molecular flexibility index (Phi) is 6.02. The molecule has 1 unspecified atom stereocenters. The van der Waals surface area contributed by atoms with Crippen molar-refractivity contribution in [2.24, 2.45) is 5.92 Å². The van der Waals surface area contributed by atoms with Crippen molar-refractivity contribution in [1.82, 2.24) is 10.2 Å². The first-order valence-corrected chi connectivity index (χ1v) is 7.25. The van der Waals surface area contributed by atoms with E-state index in [0.29, 0.717) is 5.92 Å². The minimum absolute atomic E-state index is 0.212. The molecule has 0 aliphatic rings. The zero-order chi connectivity index (χ0) is 14.5. The monoisotopic (exact) mass is 262 g/mol. The number of hydrogen-bond donors (Lipinski definition) is 1. The molecule has 2 heteroatoms.